The lowest BCUT2D eigenvalue weighted by molar-refractivity contribution is -0.140. The van der Waals surface area contributed by atoms with Gasteiger partial charge in [-0.05, 0) is 40.4 Å². The van der Waals surface area contributed by atoms with Gasteiger partial charge in [-0.25, -0.2) is 4.98 Å². The highest BCUT2D eigenvalue weighted by atomic mass is 127. The van der Waals surface area contributed by atoms with Gasteiger partial charge < -0.3 is 15.5 Å². The molecule has 1 heterocycles. The Kier molecular flexibility index (Phi) is 14.9. The zero-order valence-corrected chi connectivity index (χ0v) is 20.1. The van der Waals surface area contributed by atoms with Crippen molar-refractivity contribution in [2.45, 2.75) is 51.6 Å². The van der Waals surface area contributed by atoms with Gasteiger partial charge in [-0.3, -0.25) is 4.99 Å². The summed E-state index contributed by atoms with van der Waals surface area (Å²) in [6, 6.07) is 0. The molecule has 1 aromatic rings. The van der Waals surface area contributed by atoms with Gasteiger partial charge in [0.2, 0.25) is 0 Å². The van der Waals surface area contributed by atoms with E-state index < -0.39 is 11.9 Å². The van der Waals surface area contributed by atoms with E-state index in [0.717, 1.165) is 49.2 Å². The number of aliphatic imine (C=N–C) groups is 1. The maximum atomic E-state index is 12.6. The molecule has 164 valence electrons. The predicted molar refractivity (Wildman–Crippen MR) is 122 cm³/mol. The van der Waals surface area contributed by atoms with Crippen LogP contribution in [0.15, 0.2) is 10.4 Å². The molecule has 0 aromatic carbocycles. The Bertz CT molecular complexity index is 550. The number of aromatic nitrogens is 1. The molecule has 0 spiro atoms. The highest BCUT2D eigenvalue weighted by Gasteiger charge is 2.33. The summed E-state index contributed by atoms with van der Waals surface area (Å²) in [6.07, 6.45) is 1.97. The summed E-state index contributed by atoms with van der Waals surface area (Å²) in [7, 11) is 4.18. The third-order valence-electron chi connectivity index (χ3n) is 3.85. The molecule has 2 N–H and O–H groups in total. The van der Waals surface area contributed by atoms with Gasteiger partial charge in [0.25, 0.3) is 0 Å². The second-order valence-electron chi connectivity index (χ2n) is 6.63. The van der Waals surface area contributed by atoms with E-state index >= 15 is 0 Å². The minimum atomic E-state index is -4.37. The summed E-state index contributed by atoms with van der Waals surface area (Å²) in [4.78, 5) is 10.4. The first-order valence-corrected chi connectivity index (χ1v) is 10.4. The second-order valence-corrected chi connectivity index (χ2v) is 7.58. The van der Waals surface area contributed by atoms with Crippen molar-refractivity contribution >= 4 is 41.3 Å². The van der Waals surface area contributed by atoms with Gasteiger partial charge in [0.05, 0.1) is 5.01 Å². The Balaban J connectivity index is 0.00000729. The molecule has 0 amide bonds. The lowest BCUT2D eigenvalue weighted by atomic mass is 10.1. The second kappa shape index (κ2) is 15.3. The number of thiazole rings is 1. The topological polar surface area (TPSA) is 52.6 Å². The van der Waals surface area contributed by atoms with Gasteiger partial charge in [-0.1, -0.05) is 19.3 Å². The smallest absolute Gasteiger partial charge is 0.357 e. The Morgan fingerprint density at radius 1 is 1.14 bits per heavy atom. The van der Waals surface area contributed by atoms with E-state index in [1.807, 2.05) is 6.92 Å². The average Bonchev–Trinajstić information content (AvgIpc) is 3.06. The van der Waals surface area contributed by atoms with Crippen LogP contribution in [0.4, 0.5) is 13.2 Å². The van der Waals surface area contributed by atoms with Gasteiger partial charge in [-0.2, -0.15) is 13.2 Å². The molecule has 0 aliphatic rings. The zero-order chi connectivity index (χ0) is 20.1. The van der Waals surface area contributed by atoms with Crippen molar-refractivity contribution in [1.82, 2.24) is 20.5 Å². The van der Waals surface area contributed by atoms with Crippen LogP contribution in [0, 0.1) is 0 Å². The molecule has 0 aliphatic carbocycles. The third-order valence-corrected chi connectivity index (χ3v) is 4.76. The number of nitrogens with zero attached hydrogens (tertiary/aromatic N) is 3. The predicted octanol–water partition coefficient (Wildman–Crippen LogP) is 4.39. The monoisotopic (exact) mass is 535 g/mol. The molecule has 0 fully saturated rings. The van der Waals surface area contributed by atoms with Crippen LogP contribution in [-0.2, 0) is 12.6 Å². The molecule has 0 saturated heterocycles. The fourth-order valence-electron chi connectivity index (χ4n) is 2.45. The van der Waals surface area contributed by atoms with Crippen LogP contribution in [0.3, 0.4) is 0 Å². The summed E-state index contributed by atoms with van der Waals surface area (Å²) >= 11 is 1.04. The van der Waals surface area contributed by atoms with E-state index in [1.165, 1.54) is 19.3 Å². The first-order valence-electron chi connectivity index (χ1n) is 9.51. The van der Waals surface area contributed by atoms with Crippen molar-refractivity contribution in [3.8, 4) is 0 Å². The fourth-order valence-corrected chi connectivity index (χ4v) is 3.25. The molecule has 0 aliphatic heterocycles. The van der Waals surface area contributed by atoms with Crippen LogP contribution in [0.1, 0.15) is 49.7 Å². The van der Waals surface area contributed by atoms with Gasteiger partial charge >= 0.3 is 6.18 Å². The lowest BCUT2D eigenvalue weighted by Crippen LogP contribution is -2.38. The summed E-state index contributed by atoms with van der Waals surface area (Å²) in [5.41, 5.74) is -0.811. The maximum absolute atomic E-state index is 12.6. The summed E-state index contributed by atoms with van der Waals surface area (Å²) < 4.78 is 37.7. The molecule has 0 radical (unpaired) electrons. The van der Waals surface area contributed by atoms with Crippen LogP contribution < -0.4 is 10.6 Å². The molecule has 5 nitrogen and oxygen atoms in total. The number of guanidine groups is 1. The Labute approximate surface area is 187 Å². The van der Waals surface area contributed by atoms with E-state index in [4.69, 9.17) is 0 Å². The third kappa shape index (κ3) is 12.8. The lowest BCUT2D eigenvalue weighted by Gasteiger charge is -2.11. The summed E-state index contributed by atoms with van der Waals surface area (Å²) in [5.74, 6) is 0.706. The summed E-state index contributed by atoms with van der Waals surface area (Å²) in [5, 5.41) is 7.86. The molecule has 10 heteroatoms. The summed E-state index contributed by atoms with van der Waals surface area (Å²) in [6.45, 7) is 5.11. The standard InChI is InChI=1S/C18H32F3N5S.HI/c1-4-22-17(23-11-8-6-5-7-9-13-26(2)3)24-12-10-16-25-15(14-27-16)18(19,20)21;/h14H,4-13H2,1-3H3,(H2,22,23,24);1H. The largest absolute Gasteiger partial charge is 0.434 e. The number of hydrogen-bond donors (Lipinski definition) is 2. The van der Waals surface area contributed by atoms with Crippen LogP contribution in [-0.4, -0.2) is 56.1 Å². The highest BCUT2D eigenvalue weighted by molar-refractivity contribution is 14.0. The molecular formula is C18H33F3IN5S. The van der Waals surface area contributed by atoms with E-state index in [2.05, 4.69) is 39.6 Å². The normalized spacial score (nSPS) is 12.2. The van der Waals surface area contributed by atoms with E-state index in [1.54, 1.807) is 0 Å². The fraction of sp³-hybridized carbons (Fsp3) is 0.778. The van der Waals surface area contributed by atoms with Crippen molar-refractivity contribution in [2.75, 3.05) is 40.3 Å². The van der Waals surface area contributed by atoms with Crippen LogP contribution >= 0.6 is 35.3 Å². The SMILES string of the molecule is CCNC(=NCCCCCCCN(C)C)NCCc1nc(C(F)(F)F)cs1.I. The number of hydrogen-bond acceptors (Lipinski definition) is 4. The number of rotatable bonds is 12. The van der Waals surface area contributed by atoms with Crippen molar-refractivity contribution in [2.24, 2.45) is 4.99 Å². The van der Waals surface area contributed by atoms with E-state index in [0.29, 0.717) is 23.9 Å². The highest BCUT2D eigenvalue weighted by Crippen LogP contribution is 2.29. The quantitative estimate of drug-likeness (QED) is 0.181. The van der Waals surface area contributed by atoms with Gasteiger partial charge in [0, 0.05) is 31.4 Å². The Morgan fingerprint density at radius 3 is 2.43 bits per heavy atom. The molecule has 1 rings (SSSR count). The van der Waals surface area contributed by atoms with Crippen LogP contribution in [0.2, 0.25) is 0 Å². The minimum Gasteiger partial charge on any atom is -0.357 e. The molecule has 1 aromatic heterocycles. The Hall–Kier alpha value is -0.620. The van der Waals surface area contributed by atoms with E-state index in [9.17, 15) is 13.2 Å². The van der Waals surface area contributed by atoms with Gasteiger partial charge in [0.15, 0.2) is 11.7 Å². The van der Waals surface area contributed by atoms with Crippen LogP contribution in [0.25, 0.3) is 0 Å². The molecule has 0 bridgehead atoms. The molecule has 0 atom stereocenters. The van der Waals surface area contributed by atoms with Crippen molar-refractivity contribution in [3.63, 3.8) is 0 Å². The molecule has 28 heavy (non-hydrogen) atoms. The van der Waals surface area contributed by atoms with Crippen molar-refractivity contribution in [3.05, 3.63) is 16.1 Å². The first-order chi connectivity index (χ1) is 12.8. The zero-order valence-electron chi connectivity index (χ0n) is 16.9. The minimum absolute atomic E-state index is 0. The molecule has 0 unspecified atom stereocenters. The molecule has 0 saturated carbocycles. The molecular weight excluding hydrogens is 502 g/mol. The first kappa shape index (κ1) is 27.4. The van der Waals surface area contributed by atoms with Crippen LogP contribution in [0.5, 0.6) is 0 Å². The van der Waals surface area contributed by atoms with Gasteiger partial charge in [-0.15, -0.1) is 35.3 Å². The number of halogens is 4. The van der Waals surface area contributed by atoms with Crippen molar-refractivity contribution < 1.29 is 13.2 Å². The Morgan fingerprint density at radius 2 is 1.82 bits per heavy atom. The maximum Gasteiger partial charge on any atom is 0.434 e. The van der Waals surface area contributed by atoms with E-state index in [-0.39, 0.29) is 24.0 Å². The number of nitrogens with one attached hydrogen (secondary N) is 2. The van der Waals surface area contributed by atoms with Gasteiger partial charge in [0.1, 0.15) is 0 Å². The number of alkyl halides is 3. The average molecular weight is 535 g/mol. The number of unbranched alkanes of at least 4 members (excludes halogenated alkanes) is 4. The van der Waals surface area contributed by atoms with Crippen molar-refractivity contribution in [1.29, 1.82) is 0 Å².